The molecule has 3 rings (SSSR count). The number of thiazole rings is 1. The average molecular weight is 351 g/mol. The third-order valence-electron chi connectivity index (χ3n) is 3.68. The number of nitrogens with zero attached hydrogens (tertiary/aromatic N) is 3. The molecular weight excluding hydrogens is 333 g/mol. The van der Waals surface area contributed by atoms with Crippen LogP contribution in [0.5, 0.6) is 0 Å². The highest BCUT2D eigenvalue weighted by atomic mass is 32.1. The smallest absolute Gasteiger partial charge is 0.206 e. The van der Waals surface area contributed by atoms with E-state index in [4.69, 9.17) is 0 Å². The van der Waals surface area contributed by atoms with Crippen LogP contribution in [-0.4, -0.2) is 17.4 Å². The van der Waals surface area contributed by atoms with Gasteiger partial charge in [0.15, 0.2) is 0 Å². The van der Waals surface area contributed by atoms with Crippen LogP contribution >= 0.6 is 11.3 Å². The van der Waals surface area contributed by atoms with E-state index in [0.717, 1.165) is 27.2 Å². The highest BCUT2D eigenvalue weighted by molar-refractivity contribution is 7.07. The third-order valence-corrected chi connectivity index (χ3v) is 4.54. The Morgan fingerprint density at radius 3 is 2.64 bits per heavy atom. The molecule has 25 heavy (non-hydrogen) atoms. The number of hydrogen-bond acceptors (Lipinski definition) is 3. The second-order valence-electron chi connectivity index (χ2n) is 5.45. The number of benzene rings is 2. The molecule has 5 heteroatoms. The van der Waals surface area contributed by atoms with Crippen molar-refractivity contribution < 1.29 is 4.39 Å². The first kappa shape index (κ1) is 17.0. The van der Waals surface area contributed by atoms with Gasteiger partial charge in [-0.15, -0.1) is 17.9 Å². The van der Waals surface area contributed by atoms with Crippen molar-refractivity contribution in [1.82, 2.24) is 4.68 Å². The largest absolute Gasteiger partial charge is 0.253 e. The predicted molar refractivity (Wildman–Crippen MR) is 103 cm³/mol. The summed E-state index contributed by atoms with van der Waals surface area (Å²) < 4.78 is 15.0. The van der Waals surface area contributed by atoms with E-state index in [9.17, 15) is 4.39 Å². The molecule has 0 aliphatic carbocycles. The Balaban J connectivity index is 2.08. The van der Waals surface area contributed by atoms with E-state index in [2.05, 4.69) is 16.7 Å². The normalized spacial score (nSPS) is 12.0. The van der Waals surface area contributed by atoms with Crippen molar-refractivity contribution in [2.24, 2.45) is 10.1 Å². The van der Waals surface area contributed by atoms with E-state index in [1.54, 1.807) is 22.9 Å². The Labute approximate surface area is 150 Å². The van der Waals surface area contributed by atoms with Crippen LogP contribution in [0.1, 0.15) is 11.1 Å². The van der Waals surface area contributed by atoms with Gasteiger partial charge in [0.05, 0.1) is 18.5 Å². The topological polar surface area (TPSA) is 29.6 Å². The summed E-state index contributed by atoms with van der Waals surface area (Å²) in [4.78, 5) is 5.27. The minimum Gasteiger partial charge on any atom is -0.253 e. The molecule has 0 atom stereocenters. The SMILES string of the molecule is C=CCN=c1scc(-c2ccc(F)cc2)n1N=Cc1ccccc1C. The first-order valence-electron chi connectivity index (χ1n) is 7.87. The van der Waals surface area contributed by atoms with Crippen molar-refractivity contribution in [3.05, 3.63) is 88.3 Å². The Bertz CT molecular complexity index is 965. The van der Waals surface area contributed by atoms with Gasteiger partial charge in [-0.05, 0) is 42.3 Å². The lowest BCUT2D eigenvalue weighted by molar-refractivity contribution is 0.628. The summed E-state index contributed by atoms with van der Waals surface area (Å²) in [6.45, 7) is 6.27. The van der Waals surface area contributed by atoms with Crippen molar-refractivity contribution in [3.63, 3.8) is 0 Å². The molecule has 1 aromatic heterocycles. The minimum absolute atomic E-state index is 0.259. The van der Waals surface area contributed by atoms with E-state index < -0.39 is 0 Å². The molecule has 0 aliphatic rings. The van der Waals surface area contributed by atoms with Crippen LogP contribution in [0.25, 0.3) is 11.3 Å². The highest BCUT2D eigenvalue weighted by Gasteiger charge is 2.07. The summed E-state index contributed by atoms with van der Waals surface area (Å²) in [7, 11) is 0. The lowest BCUT2D eigenvalue weighted by Gasteiger charge is -2.04. The van der Waals surface area contributed by atoms with Gasteiger partial charge in [0.1, 0.15) is 5.82 Å². The molecule has 0 aliphatic heterocycles. The van der Waals surface area contributed by atoms with Gasteiger partial charge >= 0.3 is 0 Å². The van der Waals surface area contributed by atoms with Crippen LogP contribution in [0.3, 0.4) is 0 Å². The summed E-state index contributed by atoms with van der Waals surface area (Å²) in [5.41, 5.74) is 3.95. The Morgan fingerprint density at radius 1 is 1.16 bits per heavy atom. The number of aryl methyl sites for hydroxylation is 1. The Hall–Kier alpha value is -2.79. The van der Waals surface area contributed by atoms with Gasteiger partial charge in [-0.2, -0.15) is 5.10 Å². The summed E-state index contributed by atoms with van der Waals surface area (Å²) >= 11 is 1.50. The van der Waals surface area contributed by atoms with Crippen molar-refractivity contribution in [2.45, 2.75) is 6.92 Å². The molecule has 3 nitrogen and oxygen atoms in total. The number of hydrogen-bond donors (Lipinski definition) is 0. The zero-order valence-corrected chi connectivity index (χ0v) is 14.7. The molecule has 0 fully saturated rings. The van der Waals surface area contributed by atoms with Crippen LogP contribution < -0.4 is 4.80 Å². The fraction of sp³-hybridized carbons (Fsp3) is 0.100. The molecule has 0 spiro atoms. The highest BCUT2D eigenvalue weighted by Crippen LogP contribution is 2.20. The van der Waals surface area contributed by atoms with Crippen LogP contribution in [0.2, 0.25) is 0 Å². The van der Waals surface area contributed by atoms with E-state index in [1.807, 2.05) is 42.8 Å². The van der Waals surface area contributed by atoms with Crippen molar-refractivity contribution >= 4 is 17.6 Å². The van der Waals surface area contributed by atoms with Crippen molar-refractivity contribution in [1.29, 1.82) is 0 Å². The van der Waals surface area contributed by atoms with Crippen LogP contribution in [-0.2, 0) is 0 Å². The minimum atomic E-state index is -0.259. The summed E-state index contributed by atoms with van der Waals surface area (Å²) in [5, 5.41) is 6.61. The van der Waals surface area contributed by atoms with Gasteiger partial charge < -0.3 is 0 Å². The van der Waals surface area contributed by atoms with Crippen molar-refractivity contribution in [3.8, 4) is 11.3 Å². The van der Waals surface area contributed by atoms with Gasteiger partial charge in [0.2, 0.25) is 4.80 Å². The lowest BCUT2D eigenvalue weighted by Crippen LogP contribution is -2.12. The van der Waals surface area contributed by atoms with Crippen LogP contribution in [0.4, 0.5) is 4.39 Å². The molecule has 0 saturated carbocycles. The van der Waals surface area contributed by atoms with Gasteiger partial charge in [0.25, 0.3) is 0 Å². The lowest BCUT2D eigenvalue weighted by atomic mass is 10.1. The molecule has 0 radical (unpaired) electrons. The van der Waals surface area contributed by atoms with E-state index in [-0.39, 0.29) is 5.82 Å². The van der Waals surface area contributed by atoms with Crippen LogP contribution in [0, 0.1) is 12.7 Å². The molecule has 126 valence electrons. The molecule has 0 bridgehead atoms. The second-order valence-corrected chi connectivity index (χ2v) is 6.29. The third kappa shape index (κ3) is 4.00. The maximum absolute atomic E-state index is 13.2. The van der Waals surface area contributed by atoms with Crippen molar-refractivity contribution in [2.75, 3.05) is 6.54 Å². The Kier molecular flexibility index (Phi) is 5.36. The zero-order chi connectivity index (χ0) is 17.6. The quantitative estimate of drug-likeness (QED) is 0.474. The fourth-order valence-corrected chi connectivity index (χ4v) is 3.18. The monoisotopic (exact) mass is 351 g/mol. The number of rotatable bonds is 5. The maximum atomic E-state index is 13.2. The Morgan fingerprint density at radius 2 is 1.92 bits per heavy atom. The molecule has 0 saturated heterocycles. The molecule has 1 heterocycles. The van der Waals surface area contributed by atoms with E-state index >= 15 is 0 Å². The average Bonchev–Trinajstić information content (AvgIpc) is 3.02. The molecular formula is C20H18FN3S. The first-order chi connectivity index (χ1) is 12.2. The van der Waals surface area contributed by atoms with E-state index in [1.165, 1.54) is 23.5 Å². The predicted octanol–water partition coefficient (Wildman–Crippen LogP) is 4.63. The first-order valence-corrected chi connectivity index (χ1v) is 8.75. The second kappa shape index (κ2) is 7.85. The molecule has 2 aromatic carbocycles. The molecule has 3 aromatic rings. The standard InChI is InChI=1S/C20H18FN3S/c1-3-12-22-20-24(23-13-17-7-5-4-6-15(17)2)19(14-25-20)16-8-10-18(21)11-9-16/h3-11,13-14H,1,12H2,2H3. The number of aromatic nitrogens is 1. The summed E-state index contributed by atoms with van der Waals surface area (Å²) in [5.74, 6) is -0.259. The molecule has 0 unspecified atom stereocenters. The van der Waals surface area contributed by atoms with Gasteiger partial charge in [-0.1, -0.05) is 30.3 Å². The van der Waals surface area contributed by atoms with E-state index in [0.29, 0.717) is 6.54 Å². The summed E-state index contributed by atoms with van der Waals surface area (Å²) in [6, 6.07) is 14.4. The zero-order valence-electron chi connectivity index (χ0n) is 13.9. The van der Waals surface area contributed by atoms with Gasteiger partial charge in [-0.3, -0.25) is 4.99 Å². The molecule has 0 amide bonds. The molecule has 0 N–H and O–H groups in total. The summed E-state index contributed by atoms with van der Waals surface area (Å²) in [6.07, 6.45) is 3.56. The maximum Gasteiger partial charge on any atom is 0.206 e. The van der Waals surface area contributed by atoms with Gasteiger partial charge in [0, 0.05) is 10.9 Å². The van der Waals surface area contributed by atoms with Crippen LogP contribution in [0.15, 0.2) is 76.7 Å². The number of halogens is 1. The van der Waals surface area contributed by atoms with Gasteiger partial charge in [-0.25, -0.2) is 9.07 Å². The fourth-order valence-electron chi connectivity index (χ4n) is 2.33.